The van der Waals surface area contributed by atoms with E-state index in [9.17, 15) is 0 Å². The molecule has 1 N–H and O–H groups in total. The lowest BCUT2D eigenvalue weighted by molar-refractivity contribution is -0.0145. The molecule has 1 nitrogen and oxygen atoms in total. The summed E-state index contributed by atoms with van der Waals surface area (Å²) < 4.78 is 0. The van der Waals surface area contributed by atoms with Crippen LogP contribution in [-0.4, -0.2) is 13.6 Å². The lowest BCUT2D eigenvalue weighted by Crippen LogP contribution is -2.45. The van der Waals surface area contributed by atoms with Crippen LogP contribution < -0.4 is 5.32 Å². The lowest BCUT2D eigenvalue weighted by atomic mass is 9.52. The second kappa shape index (κ2) is 9.09. The van der Waals surface area contributed by atoms with E-state index in [1.165, 1.54) is 57.8 Å². The molecule has 8 atom stereocenters. The van der Waals surface area contributed by atoms with E-state index in [0.29, 0.717) is 0 Å². The monoisotopic (exact) mass is 357 g/mol. The van der Waals surface area contributed by atoms with Gasteiger partial charge in [-0.15, -0.1) is 6.58 Å². The van der Waals surface area contributed by atoms with Crippen LogP contribution in [-0.2, 0) is 0 Å². The van der Waals surface area contributed by atoms with E-state index >= 15 is 0 Å². The van der Waals surface area contributed by atoms with Crippen molar-refractivity contribution in [1.82, 2.24) is 5.32 Å². The van der Waals surface area contributed by atoms with Crippen LogP contribution in [0.1, 0.15) is 71.6 Å². The van der Waals surface area contributed by atoms with Gasteiger partial charge in [-0.1, -0.05) is 51.3 Å². The average molecular weight is 358 g/mol. The molecule has 1 heteroatoms. The quantitative estimate of drug-likeness (QED) is 0.515. The van der Waals surface area contributed by atoms with E-state index in [4.69, 9.17) is 0 Å². The van der Waals surface area contributed by atoms with E-state index in [0.717, 1.165) is 53.9 Å². The Balaban J connectivity index is 1.76. The molecule has 0 heterocycles. The molecule has 0 aliphatic heterocycles. The van der Waals surface area contributed by atoms with Crippen molar-refractivity contribution in [2.24, 2.45) is 47.3 Å². The molecule has 0 aromatic rings. The Labute approximate surface area is 163 Å². The summed E-state index contributed by atoms with van der Waals surface area (Å²) in [6.45, 7) is 14.9. The van der Waals surface area contributed by atoms with E-state index in [1.807, 2.05) is 0 Å². The van der Waals surface area contributed by atoms with Gasteiger partial charge in [0.25, 0.3) is 0 Å². The highest BCUT2D eigenvalue weighted by Gasteiger charge is 2.47. The molecule has 0 radical (unpaired) electrons. The highest BCUT2D eigenvalue weighted by molar-refractivity contribution is 5.12. The third kappa shape index (κ3) is 3.98. The first-order chi connectivity index (χ1) is 12.6. The summed E-state index contributed by atoms with van der Waals surface area (Å²) in [5, 5.41) is 3.44. The Morgan fingerprint density at radius 2 is 1.81 bits per heavy atom. The van der Waals surface area contributed by atoms with Crippen molar-refractivity contribution < 1.29 is 0 Å². The summed E-state index contributed by atoms with van der Waals surface area (Å²) in [6, 6.07) is 0. The van der Waals surface area contributed by atoms with Crippen molar-refractivity contribution in [3.05, 3.63) is 24.8 Å². The Morgan fingerprint density at radius 1 is 1.04 bits per heavy atom. The second-order valence-electron chi connectivity index (χ2n) is 9.86. The first-order valence-corrected chi connectivity index (χ1v) is 11.5. The molecule has 3 aliphatic carbocycles. The molecule has 0 bridgehead atoms. The van der Waals surface area contributed by atoms with E-state index in [2.05, 4.69) is 45.4 Å². The van der Waals surface area contributed by atoms with Crippen LogP contribution >= 0.6 is 0 Å². The zero-order valence-electron chi connectivity index (χ0n) is 17.7. The highest BCUT2D eigenvalue weighted by atomic mass is 14.8. The third-order valence-electron chi connectivity index (χ3n) is 8.61. The Hall–Kier alpha value is -0.560. The van der Waals surface area contributed by atoms with Crippen LogP contribution in [0.5, 0.6) is 0 Å². The van der Waals surface area contributed by atoms with Crippen LogP contribution in [0, 0.1) is 47.3 Å². The molecule has 26 heavy (non-hydrogen) atoms. The summed E-state index contributed by atoms with van der Waals surface area (Å²) in [4.78, 5) is 0. The number of rotatable bonds is 7. The van der Waals surface area contributed by atoms with Gasteiger partial charge >= 0.3 is 0 Å². The third-order valence-corrected chi connectivity index (χ3v) is 8.61. The summed E-state index contributed by atoms with van der Waals surface area (Å²) >= 11 is 0. The zero-order chi connectivity index (χ0) is 18.7. The molecule has 0 amide bonds. The summed E-state index contributed by atoms with van der Waals surface area (Å²) in [5.41, 5.74) is 1.58. The van der Waals surface area contributed by atoms with Crippen molar-refractivity contribution in [3.63, 3.8) is 0 Å². The van der Waals surface area contributed by atoms with Crippen LogP contribution in [0.3, 0.4) is 0 Å². The number of allylic oxidation sites excluding steroid dienone is 2. The van der Waals surface area contributed by atoms with Gasteiger partial charge in [-0.3, -0.25) is 0 Å². The molecule has 0 spiro atoms. The van der Waals surface area contributed by atoms with E-state index in [-0.39, 0.29) is 0 Å². The predicted octanol–water partition coefficient (Wildman–Crippen LogP) is 6.47. The number of hydrogen-bond acceptors (Lipinski definition) is 1. The molecular weight excluding hydrogens is 314 g/mol. The molecule has 3 fully saturated rings. The van der Waals surface area contributed by atoms with Gasteiger partial charge in [-0.25, -0.2) is 0 Å². The van der Waals surface area contributed by atoms with Gasteiger partial charge in [-0.2, -0.15) is 0 Å². The Bertz CT molecular complexity index is 481. The SMILES string of the molecule is C=CC1C(C)CCCC1C1CCC1[C@@H](CCNC)C1CCC[C@H](C)C1=C. The van der Waals surface area contributed by atoms with Crippen molar-refractivity contribution >= 4 is 0 Å². The molecule has 6 unspecified atom stereocenters. The minimum absolute atomic E-state index is 0.736. The standard InChI is InChI=1S/C25H43N/c1-6-20-18(3)10-8-12-22(20)23-13-14-24(23)25(15-16-26-5)21-11-7-9-17(2)19(21)4/h6,17-18,20-26H,1,4,7-16H2,2-3,5H3/t17-,18?,20?,21?,22?,23?,24?,25-/m0/s1. The maximum atomic E-state index is 4.59. The molecule has 0 aromatic heterocycles. The largest absolute Gasteiger partial charge is 0.320 e. The molecule has 0 saturated heterocycles. The average Bonchev–Trinajstić information content (AvgIpc) is 2.60. The van der Waals surface area contributed by atoms with Gasteiger partial charge in [0.05, 0.1) is 0 Å². The first kappa shape index (κ1) is 20.2. The second-order valence-corrected chi connectivity index (χ2v) is 9.86. The smallest absolute Gasteiger partial charge is 0.00490 e. The Kier molecular flexibility index (Phi) is 7.05. The topological polar surface area (TPSA) is 12.0 Å². The number of nitrogens with one attached hydrogen (secondary N) is 1. The zero-order valence-corrected chi connectivity index (χ0v) is 17.7. The van der Waals surface area contributed by atoms with Crippen molar-refractivity contribution in [2.75, 3.05) is 13.6 Å². The van der Waals surface area contributed by atoms with Crippen LogP contribution in [0.15, 0.2) is 24.8 Å². The van der Waals surface area contributed by atoms with Gasteiger partial charge in [-0.05, 0) is 99.5 Å². The molecule has 3 saturated carbocycles. The molecule has 3 rings (SSSR count). The molecule has 3 aliphatic rings. The Morgan fingerprint density at radius 3 is 2.46 bits per heavy atom. The van der Waals surface area contributed by atoms with Crippen LogP contribution in [0.4, 0.5) is 0 Å². The summed E-state index contributed by atoms with van der Waals surface area (Å²) in [6.07, 6.45) is 15.1. The van der Waals surface area contributed by atoms with Crippen LogP contribution in [0.25, 0.3) is 0 Å². The normalized spacial score (nSPS) is 42.1. The molecular formula is C25H43N. The van der Waals surface area contributed by atoms with E-state index < -0.39 is 0 Å². The lowest BCUT2D eigenvalue weighted by Gasteiger charge is -2.53. The fraction of sp³-hybridized carbons (Fsp3) is 0.840. The summed E-state index contributed by atoms with van der Waals surface area (Å²) in [7, 11) is 2.12. The molecule has 148 valence electrons. The fourth-order valence-electron chi connectivity index (χ4n) is 6.90. The van der Waals surface area contributed by atoms with Gasteiger partial charge in [0.1, 0.15) is 0 Å². The maximum absolute atomic E-state index is 4.59. The van der Waals surface area contributed by atoms with Gasteiger partial charge in [0.2, 0.25) is 0 Å². The first-order valence-electron chi connectivity index (χ1n) is 11.5. The van der Waals surface area contributed by atoms with Gasteiger partial charge in [0.15, 0.2) is 0 Å². The van der Waals surface area contributed by atoms with Crippen molar-refractivity contribution in [1.29, 1.82) is 0 Å². The van der Waals surface area contributed by atoms with Crippen molar-refractivity contribution in [2.45, 2.75) is 71.6 Å². The maximum Gasteiger partial charge on any atom is -0.00490 e. The minimum atomic E-state index is 0.736. The van der Waals surface area contributed by atoms with E-state index in [1.54, 1.807) is 5.57 Å². The summed E-state index contributed by atoms with van der Waals surface area (Å²) in [5.74, 6) is 6.77. The highest BCUT2D eigenvalue weighted by Crippen LogP contribution is 2.55. The predicted molar refractivity (Wildman–Crippen MR) is 114 cm³/mol. The van der Waals surface area contributed by atoms with Gasteiger partial charge < -0.3 is 5.32 Å². The van der Waals surface area contributed by atoms with Crippen LogP contribution in [0.2, 0.25) is 0 Å². The minimum Gasteiger partial charge on any atom is -0.320 e. The van der Waals surface area contributed by atoms with Gasteiger partial charge in [0, 0.05) is 0 Å². The van der Waals surface area contributed by atoms with Crippen molar-refractivity contribution in [3.8, 4) is 0 Å². The molecule has 0 aromatic carbocycles. The fourth-order valence-corrected chi connectivity index (χ4v) is 6.90. The number of hydrogen-bond donors (Lipinski definition) is 1.